The summed E-state index contributed by atoms with van der Waals surface area (Å²) >= 11 is 0.735. The second kappa shape index (κ2) is 11.1. The second-order valence-corrected chi connectivity index (χ2v) is 13.7. The van der Waals surface area contributed by atoms with Crippen molar-refractivity contribution in [2.45, 2.75) is 10.6 Å². The van der Waals surface area contributed by atoms with Gasteiger partial charge in [0, 0.05) is 0 Å². The topological polar surface area (TPSA) is 6.48 Å². The van der Waals surface area contributed by atoms with Crippen LogP contribution in [0.25, 0.3) is 21.5 Å². The second-order valence-electron chi connectivity index (χ2n) is 9.40. The van der Waals surface area contributed by atoms with Crippen LogP contribution in [-0.2, 0) is 10.6 Å². The molecule has 0 aliphatic heterocycles. The van der Waals surface area contributed by atoms with Crippen LogP contribution in [-0.4, -0.2) is 58.1 Å². The van der Waals surface area contributed by atoms with Crippen molar-refractivity contribution in [1.29, 1.82) is 0 Å². The Balaban J connectivity index is 1.40. The van der Waals surface area contributed by atoms with Crippen LogP contribution in [0.15, 0.2) is 97.1 Å². The van der Waals surface area contributed by atoms with Gasteiger partial charge in [-0.2, -0.15) is 0 Å². The van der Waals surface area contributed by atoms with Crippen LogP contribution >= 0.6 is 0 Å². The third kappa shape index (κ3) is 5.19. The first-order valence-electron chi connectivity index (χ1n) is 12.2. The molecule has 5 rings (SSSR count). The van der Waals surface area contributed by atoms with E-state index in [9.17, 15) is 0 Å². The van der Waals surface area contributed by atoms with Crippen molar-refractivity contribution < 1.29 is 0 Å². The van der Waals surface area contributed by atoms with Crippen LogP contribution in [0, 0.1) is 0 Å². The van der Waals surface area contributed by atoms with E-state index in [4.69, 9.17) is 0 Å². The Labute approximate surface area is 227 Å². The van der Waals surface area contributed by atoms with Gasteiger partial charge in [0.15, 0.2) is 0 Å². The Hall–Kier alpha value is -2.74. The molecule has 0 aliphatic carbocycles. The van der Waals surface area contributed by atoms with E-state index in [0.29, 0.717) is 29.9 Å². The quantitative estimate of drug-likeness (QED) is 0.226. The monoisotopic (exact) mass is 604 g/mol. The number of nitrogens with zero attached hydrogens (tertiary/aromatic N) is 2. The molecule has 5 aromatic carbocycles. The number of fused-ring (bicyclic) bond motifs is 2. The summed E-state index contributed by atoms with van der Waals surface area (Å²) in [6.07, 6.45) is 0. The van der Waals surface area contributed by atoms with Crippen molar-refractivity contribution in [3.63, 3.8) is 0 Å². The van der Waals surface area contributed by atoms with Crippen molar-refractivity contribution in [3.05, 3.63) is 108 Å². The van der Waals surface area contributed by atoms with E-state index >= 15 is 0 Å². The minimum atomic E-state index is 0.367. The van der Waals surface area contributed by atoms with E-state index in [0.717, 1.165) is 10.6 Å². The standard InChI is InChI=1S/C32H32N2Se2/c1-33(2)27-17-7-13-23-15-9-19-29(31(23)27)35-21-25-11-5-6-12-26(25)22-36-30-20-10-16-24-14-8-18-28(32(24)30)34(3)4/h5-20H,21-22H2,1-4H3. The first kappa shape index (κ1) is 24.9. The molecule has 0 aliphatic rings. The van der Waals surface area contributed by atoms with Crippen molar-refractivity contribution in [2.24, 2.45) is 0 Å². The predicted molar refractivity (Wildman–Crippen MR) is 161 cm³/mol. The van der Waals surface area contributed by atoms with Crippen LogP contribution in [0.4, 0.5) is 11.4 Å². The number of benzene rings is 5. The molecule has 0 heterocycles. The SMILES string of the molecule is CN(C)c1cccc2cccc([Se]Cc3ccccc3C[Se]c3cccc4cccc(N(C)C)c34)c12. The van der Waals surface area contributed by atoms with Crippen molar-refractivity contribution in [1.82, 2.24) is 0 Å². The fourth-order valence-corrected chi connectivity index (χ4v) is 9.47. The Morgan fingerprint density at radius 2 is 0.861 bits per heavy atom. The van der Waals surface area contributed by atoms with E-state index in [1.807, 2.05) is 0 Å². The number of anilines is 2. The summed E-state index contributed by atoms with van der Waals surface area (Å²) in [5, 5.41) is 7.75. The fourth-order valence-electron chi connectivity index (χ4n) is 4.71. The molecule has 0 saturated heterocycles. The molecular weight excluding hydrogens is 570 g/mol. The van der Waals surface area contributed by atoms with Crippen LogP contribution in [0.3, 0.4) is 0 Å². The Kier molecular flexibility index (Phi) is 7.70. The molecule has 0 atom stereocenters. The third-order valence-electron chi connectivity index (χ3n) is 6.54. The average Bonchev–Trinajstić information content (AvgIpc) is 2.90. The molecule has 0 radical (unpaired) electrons. The molecule has 5 aromatic rings. The molecule has 0 unspecified atom stereocenters. The van der Waals surface area contributed by atoms with E-state index in [2.05, 4.69) is 135 Å². The maximum absolute atomic E-state index is 2.35. The molecule has 0 amide bonds. The minimum absolute atomic E-state index is 0.367. The van der Waals surface area contributed by atoms with Crippen molar-refractivity contribution >= 4 is 71.8 Å². The molecule has 36 heavy (non-hydrogen) atoms. The normalized spacial score (nSPS) is 11.2. The van der Waals surface area contributed by atoms with Gasteiger partial charge in [-0.3, -0.25) is 0 Å². The summed E-state index contributed by atoms with van der Waals surface area (Å²) in [5.74, 6) is 0. The van der Waals surface area contributed by atoms with Crippen LogP contribution in [0.1, 0.15) is 11.1 Å². The molecule has 0 saturated carbocycles. The van der Waals surface area contributed by atoms with Gasteiger partial charge in [-0.1, -0.05) is 0 Å². The van der Waals surface area contributed by atoms with Gasteiger partial charge in [-0.25, -0.2) is 0 Å². The maximum atomic E-state index is 2.35. The van der Waals surface area contributed by atoms with Crippen LogP contribution < -0.4 is 18.7 Å². The van der Waals surface area contributed by atoms with E-state index in [1.165, 1.54) is 53.0 Å². The van der Waals surface area contributed by atoms with Crippen LogP contribution in [0.2, 0.25) is 0 Å². The zero-order valence-corrected chi connectivity index (χ0v) is 24.8. The molecule has 0 fully saturated rings. The summed E-state index contributed by atoms with van der Waals surface area (Å²) in [6.45, 7) is 0. The Bertz CT molecular complexity index is 1380. The van der Waals surface area contributed by atoms with Crippen molar-refractivity contribution in [2.75, 3.05) is 38.0 Å². The van der Waals surface area contributed by atoms with E-state index in [1.54, 1.807) is 0 Å². The first-order valence-corrected chi connectivity index (χ1v) is 16.4. The van der Waals surface area contributed by atoms with Crippen molar-refractivity contribution in [3.8, 4) is 0 Å². The molecule has 0 N–H and O–H groups in total. The van der Waals surface area contributed by atoms with Gasteiger partial charge >= 0.3 is 229 Å². The molecule has 182 valence electrons. The van der Waals surface area contributed by atoms with Gasteiger partial charge in [-0.05, 0) is 0 Å². The predicted octanol–water partition coefficient (Wildman–Crippen LogP) is 5.18. The van der Waals surface area contributed by atoms with Gasteiger partial charge < -0.3 is 0 Å². The number of hydrogen-bond donors (Lipinski definition) is 0. The first-order chi connectivity index (χ1) is 17.5. The average molecular weight is 603 g/mol. The van der Waals surface area contributed by atoms with Gasteiger partial charge in [-0.15, -0.1) is 0 Å². The molecule has 0 bridgehead atoms. The van der Waals surface area contributed by atoms with E-state index < -0.39 is 0 Å². The summed E-state index contributed by atoms with van der Waals surface area (Å²) in [7, 11) is 8.58. The Morgan fingerprint density at radius 1 is 0.472 bits per heavy atom. The fraction of sp³-hybridized carbons (Fsp3) is 0.188. The zero-order chi connectivity index (χ0) is 25.1. The van der Waals surface area contributed by atoms with E-state index in [-0.39, 0.29) is 0 Å². The summed E-state index contributed by atoms with van der Waals surface area (Å²) < 4.78 is 2.99. The molecule has 0 aromatic heterocycles. The van der Waals surface area contributed by atoms with Crippen LogP contribution in [0.5, 0.6) is 0 Å². The Morgan fingerprint density at radius 3 is 1.25 bits per heavy atom. The van der Waals surface area contributed by atoms with Gasteiger partial charge in [0.25, 0.3) is 0 Å². The third-order valence-corrected chi connectivity index (χ3v) is 11.2. The number of rotatable bonds is 8. The van der Waals surface area contributed by atoms with Gasteiger partial charge in [0.1, 0.15) is 0 Å². The molecule has 2 nitrogen and oxygen atoms in total. The summed E-state index contributed by atoms with van der Waals surface area (Å²) in [6, 6.07) is 36.0. The van der Waals surface area contributed by atoms with Gasteiger partial charge in [0.05, 0.1) is 0 Å². The van der Waals surface area contributed by atoms with Gasteiger partial charge in [0.2, 0.25) is 0 Å². The summed E-state index contributed by atoms with van der Waals surface area (Å²) in [5.41, 5.74) is 5.64. The molecule has 0 spiro atoms. The summed E-state index contributed by atoms with van der Waals surface area (Å²) in [4.78, 5) is 4.48. The molecular formula is C32H32N2Se2. The molecule has 4 heteroatoms. The zero-order valence-electron chi connectivity index (χ0n) is 21.4. The number of hydrogen-bond acceptors (Lipinski definition) is 2.